The van der Waals surface area contributed by atoms with E-state index in [1.807, 2.05) is 13.8 Å². The second-order valence-corrected chi connectivity index (χ2v) is 4.98. The molecular weight excluding hydrogens is 308 g/mol. The third-order valence-electron chi connectivity index (χ3n) is 2.94. The third-order valence-corrected chi connectivity index (χ3v) is 2.94. The Hall–Kier alpha value is -2.46. The standard InChI is InChI=1S/C13H20N4O6/c1-8(2)15-10-5-9(14-7-13(22-3)23-4)11(16(18)19)6-12(10)17(20)21/h5-6,8,13-15H,7H2,1-4H3. The van der Waals surface area contributed by atoms with Crippen LogP contribution in [0.25, 0.3) is 0 Å². The molecule has 0 aliphatic rings. The van der Waals surface area contributed by atoms with Crippen LogP contribution < -0.4 is 10.6 Å². The molecule has 10 heteroatoms. The Morgan fingerprint density at radius 1 is 1.04 bits per heavy atom. The number of ether oxygens (including phenoxy) is 2. The lowest BCUT2D eigenvalue weighted by Gasteiger charge is -2.16. The van der Waals surface area contributed by atoms with E-state index in [0.717, 1.165) is 6.07 Å². The van der Waals surface area contributed by atoms with Crippen molar-refractivity contribution in [3.8, 4) is 0 Å². The van der Waals surface area contributed by atoms with Crippen LogP contribution in [0, 0.1) is 20.2 Å². The fourth-order valence-electron chi connectivity index (χ4n) is 1.90. The van der Waals surface area contributed by atoms with Gasteiger partial charge in [-0.15, -0.1) is 0 Å². The number of nitro groups is 2. The molecule has 0 amide bonds. The first kappa shape index (κ1) is 18.6. The van der Waals surface area contributed by atoms with Gasteiger partial charge in [-0.1, -0.05) is 0 Å². The highest BCUT2D eigenvalue weighted by Gasteiger charge is 2.25. The summed E-state index contributed by atoms with van der Waals surface area (Å²) in [4.78, 5) is 21.0. The van der Waals surface area contributed by atoms with E-state index in [-0.39, 0.29) is 29.6 Å². The van der Waals surface area contributed by atoms with E-state index < -0.39 is 21.8 Å². The predicted octanol–water partition coefficient (Wildman–Crippen LogP) is 2.35. The largest absolute Gasteiger partial charge is 0.377 e. The van der Waals surface area contributed by atoms with Crippen LogP contribution in [0.2, 0.25) is 0 Å². The van der Waals surface area contributed by atoms with Crippen LogP contribution in [0.4, 0.5) is 22.7 Å². The zero-order valence-corrected chi connectivity index (χ0v) is 13.4. The highest BCUT2D eigenvalue weighted by molar-refractivity contribution is 5.77. The molecule has 10 nitrogen and oxygen atoms in total. The summed E-state index contributed by atoms with van der Waals surface area (Å²) in [5.74, 6) is 0. The SMILES string of the molecule is COC(CNc1cc(NC(C)C)c([N+](=O)[O-])cc1[N+](=O)[O-])OC. The Morgan fingerprint density at radius 2 is 1.57 bits per heavy atom. The highest BCUT2D eigenvalue weighted by Crippen LogP contribution is 2.36. The van der Waals surface area contributed by atoms with Gasteiger partial charge in [-0.3, -0.25) is 20.2 Å². The summed E-state index contributed by atoms with van der Waals surface area (Å²) in [6, 6.07) is 2.20. The number of nitro benzene ring substituents is 2. The van der Waals surface area contributed by atoms with Gasteiger partial charge in [0, 0.05) is 20.3 Å². The smallest absolute Gasteiger partial charge is 0.299 e. The molecule has 0 heterocycles. The number of nitrogens with one attached hydrogen (secondary N) is 2. The molecule has 0 saturated carbocycles. The Bertz CT molecular complexity index is 574. The van der Waals surface area contributed by atoms with Crippen molar-refractivity contribution >= 4 is 22.7 Å². The van der Waals surface area contributed by atoms with Gasteiger partial charge in [-0.2, -0.15) is 0 Å². The minimum absolute atomic E-state index is 0.0753. The number of anilines is 2. The van der Waals surface area contributed by atoms with Gasteiger partial charge in [0.2, 0.25) is 0 Å². The van der Waals surface area contributed by atoms with Crippen molar-refractivity contribution < 1.29 is 19.3 Å². The van der Waals surface area contributed by atoms with E-state index in [4.69, 9.17) is 9.47 Å². The lowest BCUT2D eigenvalue weighted by Crippen LogP contribution is -2.24. The van der Waals surface area contributed by atoms with E-state index in [1.165, 1.54) is 20.3 Å². The van der Waals surface area contributed by atoms with Gasteiger partial charge in [0.15, 0.2) is 6.29 Å². The number of hydrogen-bond acceptors (Lipinski definition) is 8. The Morgan fingerprint density at radius 3 is 2.00 bits per heavy atom. The van der Waals surface area contributed by atoms with E-state index in [9.17, 15) is 20.2 Å². The van der Waals surface area contributed by atoms with Gasteiger partial charge in [0.05, 0.1) is 22.5 Å². The molecule has 0 bridgehead atoms. The van der Waals surface area contributed by atoms with E-state index >= 15 is 0 Å². The number of nitrogens with zero attached hydrogens (tertiary/aromatic N) is 2. The molecule has 1 aromatic rings. The van der Waals surface area contributed by atoms with Crippen LogP contribution in [-0.2, 0) is 9.47 Å². The van der Waals surface area contributed by atoms with Crippen LogP contribution in [0.3, 0.4) is 0 Å². The lowest BCUT2D eigenvalue weighted by molar-refractivity contribution is -0.393. The third kappa shape index (κ3) is 5.04. The maximum absolute atomic E-state index is 11.2. The van der Waals surface area contributed by atoms with Gasteiger partial charge < -0.3 is 20.1 Å². The van der Waals surface area contributed by atoms with Crippen LogP contribution in [0.15, 0.2) is 12.1 Å². The number of rotatable bonds is 9. The molecule has 2 N–H and O–H groups in total. The van der Waals surface area contributed by atoms with Crippen LogP contribution >= 0.6 is 0 Å². The predicted molar refractivity (Wildman–Crippen MR) is 84.8 cm³/mol. The van der Waals surface area contributed by atoms with Crippen molar-refractivity contribution in [3.63, 3.8) is 0 Å². The molecule has 0 spiro atoms. The zero-order valence-electron chi connectivity index (χ0n) is 13.4. The van der Waals surface area contributed by atoms with Gasteiger partial charge in [0.25, 0.3) is 11.4 Å². The van der Waals surface area contributed by atoms with Crippen molar-refractivity contribution in [2.24, 2.45) is 0 Å². The van der Waals surface area contributed by atoms with Gasteiger partial charge in [-0.05, 0) is 19.9 Å². The van der Waals surface area contributed by atoms with E-state index in [0.29, 0.717) is 0 Å². The summed E-state index contributed by atoms with van der Waals surface area (Å²) in [6.07, 6.45) is -0.605. The van der Waals surface area contributed by atoms with Crippen LogP contribution in [0.1, 0.15) is 13.8 Å². The van der Waals surface area contributed by atoms with Crippen molar-refractivity contribution in [2.75, 3.05) is 31.4 Å². The highest BCUT2D eigenvalue weighted by atomic mass is 16.7. The minimum Gasteiger partial charge on any atom is -0.377 e. The molecule has 0 aromatic heterocycles. The fraction of sp³-hybridized carbons (Fsp3) is 0.538. The molecule has 128 valence electrons. The second kappa shape index (κ2) is 8.25. The average Bonchev–Trinajstić information content (AvgIpc) is 2.47. The molecule has 0 fully saturated rings. The maximum atomic E-state index is 11.2. The number of benzene rings is 1. The summed E-state index contributed by atoms with van der Waals surface area (Å²) in [5.41, 5.74) is -0.407. The van der Waals surface area contributed by atoms with Crippen LogP contribution in [0.5, 0.6) is 0 Å². The van der Waals surface area contributed by atoms with Crippen molar-refractivity contribution in [2.45, 2.75) is 26.2 Å². The number of hydrogen-bond donors (Lipinski definition) is 2. The summed E-state index contributed by atoms with van der Waals surface area (Å²) in [7, 11) is 2.87. The molecule has 0 unspecified atom stereocenters. The average molecular weight is 328 g/mol. The molecule has 0 atom stereocenters. The van der Waals surface area contributed by atoms with E-state index in [2.05, 4.69) is 10.6 Å². The first-order valence-electron chi connectivity index (χ1n) is 6.83. The fourth-order valence-corrected chi connectivity index (χ4v) is 1.90. The maximum Gasteiger partial charge on any atom is 0.299 e. The molecule has 1 rings (SSSR count). The second-order valence-electron chi connectivity index (χ2n) is 4.98. The number of methoxy groups -OCH3 is 2. The van der Waals surface area contributed by atoms with Gasteiger partial charge in [-0.25, -0.2) is 0 Å². The van der Waals surface area contributed by atoms with Crippen molar-refractivity contribution in [1.29, 1.82) is 0 Å². The minimum atomic E-state index is -0.677. The zero-order chi connectivity index (χ0) is 17.6. The molecule has 0 saturated heterocycles. The normalized spacial score (nSPS) is 10.9. The summed E-state index contributed by atoms with van der Waals surface area (Å²) in [5, 5.41) is 28.0. The Kier molecular flexibility index (Phi) is 6.66. The van der Waals surface area contributed by atoms with Gasteiger partial charge >= 0.3 is 0 Å². The molecule has 23 heavy (non-hydrogen) atoms. The molecule has 0 radical (unpaired) electrons. The first-order valence-corrected chi connectivity index (χ1v) is 6.83. The summed E-state index contributed by atoms with van der Waals surface area (Å²) >= 11 is 0. The summed E-state index contributed by atoms with van der Waals surface area (Å²) < 4.78 is 10.00. The monoisotopic (exact) mass is 328 g/mol. The Balaban J connectivity index is 3.25. The van der Waals surface area contributed by atoms with Crippen molar-refractivity contribution in [1.82, 2.24) is 0 Å². The topological polar surface area (TPSA) is 129 Å². The molecule has 0 aliphatic heterocycles. The molecule has 1 aromatic carbocycles. The Labute approximate surface area is 133 Å². The van der Waals surface area contributed by atoms with E-state index in [1.54, 1.807) is 0 Å². The summed E-state index contributed by atoms with van der Waals surface area (Å²) in [6.45, 7) is 3.76. The lowest BCUT2D eigenvalue weighted by atomic mass is 10.2. The first-order chi connectivity index (χ1) is 10.8. The van der Waals surface area contributed by atoms with Gasteiger partial charge in [0.1, 0.15) is 11.4 Å². The molecular formula is C13H20N4O6. The quantitative estimate of drug-likeness (QED) is 0.401. The van der Waals surface area contributed by atoms with Crippen LogP contribution in [-0.4, -0.2) is 42.9 Å². The van der Waals surface area contributed by atoms with Crippen molar-refractivity contribution in [3.05, 3.63) is 32.4 Å². The molecule has 0 aliphatic carbocycles.